The molecule has 1 heterocycles. The number of esters is 1. The number of ketones is 1. The number of thiophene rings is 1. The van der Waals surface area contributed by atoms with Gasteiger partial charge in [0.25, 0.3) is 0 Å². The van der Waals surface area contributed by atoms with E-state index in [-0.39, 0.29) is 17.1 Å². The van der Waals surface area contributed by atoms with Crippen LogP contribution in [0.5, 0.6) is 5.75 Å². The number of halogens is 2. The second-order valence-electron chi connectivity index (χ2n) is 4.10. The van der Waals surface area contributed by atoms with Crippen molar-refractivity contribution in [1.82, 2.24) is 0 Å². The van der Waals surface area contributed by atoms with Crippen LogP contribution in [0.4, 0.5) is 4.39 Å². The van der Waals surface area contributed by atoms with Crippen LogP contribution in [0.1, 0.15) is 27.7 Å². The van der Waals surface area contributed by atoms with Gasteiger partial charge in [0, 0.05) is 24.1 Å². The number of ether oxygens (including phenoxy) is 1. The predicted molar refractivity (Wildman–Crippen MR) is 77.9 cm³/mol. The van der Waals surface area contributed by atoms with Gasteiger partial charge in [0.2, 0.25) is 5.78 Å². The van der Waals surface area contributed by atoms with E-state index < -0.39 is 11.8 Å². The molecular formula is C14H10BrFO3S. The van der Waals surface area contributed by atoms with Crippen LogP contribution in [-0.4, -0.2) is 11.8 Å². The van der Waals surface area contributed by atoms with Crippen molar-refractivity contribution in [2.24, 2.45) is 0 Å². The number of rotatable bonds is 3. The lowest BCUT2D eigenvalue weighted by Gasteiger charge is -2.10. The third-order valence-electron chi connectivity index (χ3n) is 2.62. The van der Waals surface area contributed by atoms with Crippen LogP contribution in [-0.2, 0) is 4.79 Å². The van der Waals surface area contributed by atoms with E-state index in [0.717, 1.165) is 15.9 Å². The summed E-state index contributed by atoms with van der Waals surface area (Å²) in [6, 6.07) is 5.66. The number of carbonyl (C=O) groups is 2. The molecule has 0 amide bonds. The summed E-state index contributed by atoms with van der Waals surface area (Å²) in [5.41, 5.74) is 0.631. The van der Waals surface area contributed by atoms with Crippen LogP contribution in [0.25, 0.3) is 0 Å². The number of benzene rings is 1. The van der Waals surface area contributed by atoms with Crippen LogP contribution in [0.15, 0.2) is 28.1 Å². The zero-order chi connectivity index (χ0) is 14.9. The van der Waals surface area contributed by atoms with Crippen molar-refractivity contribution in [3.63, 3.8) is 0 Å². The topological polar surface area (TPSA) is 43.4 Å². The molecule has 1 aromatic heterocycles. The maximum absolute atomic E-state index is 13.6. The Hall–Kier alpha value is -1.53. The molecule has 2 aromatic rings. The van der Waals surface area contributed by atoms with Gasteiger partial charge < -0.3 is 4.74 Å². The van der Waals surface area contributed by atoms with Crippen LogP contribution in [0.3, 0.4) is 0 Å². The van der Waals surface area contributed by atoms with Crippen molar-refractivity contribution in [2.75, 3.05) is 0 Å². The van der Waals surface area contributed by atoms with Gasteiger partial charge in [-0.25, -0.2) is 4.39 Å². The van der Waals surface area contributed by atoms with Gasteiger partial charge in [-0.2, -0.15) is 0 Å². The smallest absolute Gasteiger partial charge is 0.308 e. The summed E-state index contributed by atoms with van der Waals surface area (Å²) in [6.45, 7) is 2.84. The fourth-order valence-electron chi connectivity index (χ4n) is 1.72. The molecule has 0 radical (unpaired) electrons. The normalized spacial score (nSPS) is 10.4. The monoisotopic (exact) mass is 356 g/mol. The lowest BCUT2D eigenvalue weighted by molar-refractivity contribution is -0.131. The zero-order valence-corrected chi connectivity index (χ0v) is 13.1. The highest BCUT2D eigenvalue weighted by Gasteiger charge is 2.18. The summed E-state index contributed by atoms with van der Waals surface area (Å²) in [6.07, 6.45) is 0. The van der Waals surface area contributed by atoms with Crippen LogP contribution >= 0.6 is 27.3 Å². The molecule has 0 spiro atoms. The Kier molecular flexibility index (Phi) is 4.35. The standard InChI is InChI=1S/C14H10BrFO3S/c1-7-10(14(18)12-3-4-13(15)20-12)5-9(16)6-11(7)19-8(2)17/h3-6H,1-2H3. The summed E-state index contributed by atoms with van der Waals surface area (Å²) < 4.78 is 19.3. The van der Waals surface area contributed by atoms with E-state index in [1.807, 2.05) is 0 Å². The summed E-state index contributed by atoms with van der Waals surface area (Å²) in [5.74, 6) is -1.41. The summed E-state index contributed by atoms with van der Waals surface area (Å²) in [5, 5.41) is 0. The minimum absolute atomic E-state index is 0.0662. The number of hydrogen-bond acceptors (Lipinski definition) is 4. The zero-order valence-electron chi connectivity index (χ0n) is 10.7. The van der Waals surface area contributed by atoms with E-state index in [0.29, 0.717) is 10.4 Å². The lowest BCUT2D eigenvalue weighted by Crippen LogP contribution is -2.08. The third kappa shape index (κ3) is 3.13. The third-order valence-corrected chi connectivity index (χ3v) is 4.24. The van der Waals surface area contributed by atoms with Crippen LogP contribution in [0.2, 0.25) is 0 Å². The summed E-state index contributed by atoms with van der Waals surface area (Å²) in [4.78, 5) is 23.8. The lowest BCUT2D eigenvalue weighted by atomic mass is 10.0. The molecule has 0 fully saturated rings. The first-order chi connectivity index (χ1) is 9.38. The predicted octanol–water partition coefficient (Wildman–Crippen LogP) is 4.11. The van der Waals surface area contributed by atoms with Gasteiger partial charge in [0.05, 0.1) is 8.66 Å². The Balaban J connectivity index is 2.48. The average molecular weight is 357 g/mol. The molecule has 20 heavy (non-hydrogen) atoms. The van der Waals surface area contributed by atoms with Gasteiger partial charge in [-0.05, 0) is 41.1 Å². The molecule has 0 N–H and O–H groups in total. The molecule has 0 aliphatic heterocycles. The second kappa shape index (κ2) is 5.85. The van der Waals surface area contributed by atoms with Gasteiger partial charge in [-0.15, -0.1) is 11.3 Å². The summed E-state index contributed by atoms with van der Waals surface area (Å²) in [7, 11) is 0. The molecule has 0 saturated heterocycles. The molecule has 0 saturated carbocycles. The van der Waals surface area contributed by atoms with E-state index >= 15 is 0 Å². The van der Waals surface area contributed by atoms with Gasteiger partial charge in [0.1, 0.15) is 11.6 Å². The molecule has 0 aliphatic carbocycles. The van der Waals surface area contributed by atoms with Crippen molar-refractivity contribution in [1.29, 1.82) is 0 Å². The molecule has 6 heteroatoms. The molecule has 0 aliphatic rings. The Morgan fingerprint density at radius 3 is 2.55 bits per heavy atom. The van der Waals surface area contributed by atoms with Gasteiger partial charge in [-0.3, -0.25) is 9.59 Å². The highest BCUT2D eigenvalue weighted by atomic mass is 79.9. The largest absolute Gasteiger partial charge is 0.426 e. The Morgan fingerprint density at radius 1 is 1.30 bits per heavy atom. The van der Waals surface area contributed by atoms with E-state index in [1.165, 1.54) is 18.3 Å². The van der Waals surface area contributed by atoms with Gasteiger partial charge in [-0.1, -0.05) is 0 Å². The second-order valence-corrected chi connectivity index (χ2v) is 6.57. The van der Waals surface area contributed by atoms with Crippen molar-refractivity contribution in [2.45, 2.75) is 13.8 Å². The highest BCUT2D eigenvalue weighted by Crippen LogP contribution is 2.29. The summed E-state index contributed by atoms with van der Waals surface area (Å²) >= 11 is 4.54. The van der Waals surface area contributed by atoms with Gasteiger partial charge >= 0.3 is 5.97 Å². The first-order valence-corrected chi connectivity index (χ1v) is 7.28. The Morgan fingerprint density at radius 2 is 2.00 bits per heavy atom. The molecule has 0 bridgehead atoms. The Bertz CT molecular complexity index is 694. The number of hydrogen-bond donors (Lipinski definition) is 0. The quantitative estimate of drug-likeness (QED) is 0.472. The van der Waals surface area contributed by atoms with Crippen molar-refractivity contribution in [3.8, 4) is 5.75 Å². The first-order valence-electron chi connectivity index (χ1n) is 5.67. The number of carbonyl (C=O) groups excluding carboxylic acids is 2. The minimum Gasteiger partial charge on any atom is -0.426 e. The van der Waals surface area contributed by atoms with Crippen molar-refractivity contribution >= 4 is 39.0 Å². The maximum Gasteiger partial charge on any atom is 0.308 e. The molecule has 3 nitrogen and oxygen atoms in total. The Labute approximate surface area is 127 Å². The van der Waals surface area contributed by atoms with Crippen molar-refractivity contribution in [3.05, 3.63) is 49.9 Å². The van der Waals surface area contributed by atoms with E-state index in [1.54, 1.807) is 19.1 Å². The molecular weight excluding hydrogens is 347 g/mol. The van der Waals surface area contributed by atoms with Gasteiger partial charge in [0.15, 0.2) is 0 Å². The van der Waals surface area contributed by atoms with E-state index in [4.69, 9.17) is 4.74 Å². The van der Waals surface area contributed by atoms with Crippen molar-refractivity contribution < 1.29 is 18.7 Å². The highest BCUT2D eigenvalue weighted by molar-refractivity contribution is 9.11. The van der Waals surface area contributed by atoms with Crippen LogP contribution < -0.4 is 4.74 Å². The average Bonchev–Trinajstić information content (AvgIpc) is 2.78. The molecule has 0 unspecified atom stereocenters. The van der Waals surface area contributed by atoms with E-state index in [2.05, 4.69) is 15.9 Å². The first kappa shape index (κ1) is 14.9. The van der Waals surface area contributed by atoms with E-state index in [9.17, 15) is 14.0 Å². The van der Waals surface area contributed by atoms with Crippen LogP contribution in [0, 0.1) is 12.7 Å². The molecule has 2 rings (SSSR count). The SMILES string of the molecule is CC(=O)Oc1cc(F)cc(C(=O)c2ccc(Br)s2)c1C. The molecule has 1 aromatic carbocycles. The fraction of sp³-hybridized carbons (Fsp3) is 0.143. The maximum atomic E-state index is 13.6. The molecule has 0 atom stereocenters. The fourth-order valence-corrected chi connectivity index (χ4v) is 3.06. The molecule has 104 valence electrons. The minimum atomic E-state index is -0.620.